The zero-order valence-corrected chi connectivity index (χ0v) is 20.6. The first-order valence-electron chi connectivity index (χ1n) is 9.67. The molecule has 0 spiro atoms. The molecule has 0 saturated carbocycles. The Balaban J connectivity index is 2.47. The van der Waals surface area contributed by atoms with E-state index in [0.29, 0.717) is 23.1 Å². The number of aromatic nitrogens is 1. The van der Waals surface area contributed by atoms with Crippen molar-refractivity contribution in [2.24, 2.45) is 0 Å². The zero-order chi connectivity index (χ0) is 23.8. The van der Waals surface area contributed by atoms with Crippen molar-refractivity contribution in [2.45, 2.75) is 50.5 Å². The molecule has 0 N–H and O–H groups in total. The van der Waals surface area contributed by atoms with Gasteiger partial charge in [-0.25, -0.2) is 4.98 Å². The van der Waals surface area contributed by atoms with E-state index >= 15 is 0 Å². The molecule has 11 heteroatoms. The van der Waals surface area contributed by atoms with Crippen LogP contribution < -0.4 is 4.18 Å². The average molecular weight is 479 g/mol. The van der Waals surface area contributed by atoms with Crippen LogP contribution in [0.25, 0.3) is 10.9 Å². The van der Waals surface area contributed by atoms with E-state index in [1.54, 1.807) is 12.1 Å². The number of likely N-dealkylation sites (N-methyl/N-ethyl adjacent to an activating group) is 1. The van der Waals surface area contributed by atoms with E-state index in [4.69, 9.17) is 4.43 Å². The number of pyridine rings is 1. The van der Waals surface area contributed by atoms with E-state index in [1.807, 2.05) is 25.1 Å². The highest BCUT2D eigenvalue weighted by atomic mass is 32.2. The molecule has 0 amide bonds. The van der Waals surface area contributed by atoms with Gasteiger partial charge in [-0.15, -0.1) is 0 Å². The molecule has 0 aliphatic heterocycles. The summed E-state index contributed by atoms with van der Waals surface area (Å²) in [7, 11) is -4.12. The maximum absolute atomic E-state index is 12.7. The number of para-hydroxylation sites is 1. The van der Waals surface area contributed by atoms with Gasteiger partial charge in [0, 0.05) is 11.5 Å². The predicted molar refractivity (Wildman–Crippen MR) is 117 cm³/mol. The Labute approximate surface area is 182 Å². The minimum Gasteiger partial charge on any atom is -0.415 e. The molecule has 0 radical (unpaired) electrons. The molecule has 0 aliphatic carbocycles. The third kappa shape index (κ3) is 5.76. The van der Waals surface area contributed by atoms with Crippen molar-refractivity contribution in [2.75, 3.05) is 20.7 Å². The Bertz CT molecular complexity index is 1030. The van der Waals surface area contributed by atoms with Gasteiger partial charge < -0.3 is 13.5 Å². The molecule has 174 valence electrons. The van der Waals surface area contributed by atoms with Crippen molar-refractivity contribution in [3.8, 4) is 5.88 Å². The second-order valence-corrected chi connectivity index (χ2v) is 15.4. The third-order valence-electron chi connectivity index (χ3n) is 5.60. The van der Waals surface area contributed by atoms with Gasteiger partial charge in [-0.05, 0) is 43.9 Å². The molecule has 1 aromatic carbocycles. The van der Waals surface area contributed by atoms with Crippen LogP contribution in [0.3, 0.4) is 0 Å². The summed E-state index contributed by atoms with van der Waals surface area (Å²) >= 11 is 0. The third-order valence-corrected chi connectivity index (χ3v) is 11.1. The highest BCUT2D eigenvalue weighted by Gasteiger charge is 2.49. The Morgan fingerprint density at radius 3 is 2.23 bits per heavy atom. The lowest BCUT2D eigenvalue weighted by molar-refractivity contribution is -0.0501. The number of alkyl halides is 3. The van der Waals surface area contributed by atoms with Crippen LogP contribution in [0.2, 0.25) is 18.1 Å². The highest BCUT2D eigenvalue weighted by molar-refractivity contribution is 7.87. The quantitative estimate of drug-likeness (QED) is 0.314. The SMILES string of the molecule is CN(C)C(CO[Si](C)(C)C(C)(C)C)c1cccc2ccc(OS(=O)(=O)C(F)(F)F)nc12. The standard InChI is InChI=1S/C20H29F3N2O4SSi/c1-19(2,3)31(6,7)28-13-16(25(4)5)15-10-8-9-14-11-12-17(24-18(14)15)29-30(26,27)20(21,22)23/h8-12,16H,13H2,1-7H3. The molecule has 6 nitrogen and oxygen atoms in total. The van der Waals surface area contributed by atoms with Gasteiger partial charge in [0.1, 0.15) is 0 Å². The summed E-state index contributed by atoms with van der Waals surface area (Å²) in [5.74, 6) is -0.639. The molecule has 1 heterocycles. The lowest BCUT2D eigenvalue weighted by Gasteiger charge is -2.38. The number of benzene rings is 1. The van der Waals surface area contributed by atoms with Crippen LogP contribution >= 0.6 is 0 Å². The predicted octanol–water partition coefficient (Wildman–Crippen LogP) is 5.09. The van der Waals surface area contributed by atoms with Crippen molar-refractivity contribution in [1.29, 1.82) is 0 Å². The number of hydrogen-bond acceptors (Lipinski definition) is 6. The van der Waals surface area contributed by atoms with E-state index in [9.17, 15) is 21.6 Å². The molecule has 0 bridgehead atoms. The molecular weight excluding hydrogens is 449 g/mol. The lowest BCUT2D eigenvalue weighted by atomic mass is 10.0. The van der Waals surface area contributed by atoms with Crippen LogP contribution in [0, 0.1) is 0 Å². The van der Waals surface area contributed by atoms with Gasteiger partial charge in [0.25, 0.3) is 0 Å². The first-order valence-corrected chi connectivity index (χ1v) is 14.0. The second-order valence-electron chi connectivity index (χ2n) is 9.10. The van der Waals surface area contributed by atoms with Crippen LogP contribution in [-0.2, 0) is 14.5 Å². The van der Waals surface area contributed by atoms with E-state index in [0.717, 1.165) is 6.07 Å². The maximum atomic E-state index is 12.7. The monoisotopic (exact) mass is 478 g/mol. The van der Waals surface area contributed by atoms with Crippen LogP contribution in [0.1, 0.15) is 32.4 Å². The number of rotatable bonds is 7. The molecule has 1 atom stereocenters. The van der Waals surface area contributed by atoms with E-state index < -0.39 is 29.8 Å². The minimum absolute atomic E-state index is 0.00777. The fourth-order valence-electron chi connectivity index (χ4n) is 2.65. The first kappa shape index (κ1) is 25.6. The van der Waals surface area contributed by atoms with Gasteiger partial charge in [-0.3, -0.25) is 0 Å². The van der Waals surface area contributed by atoms with Crippen molar-refractivity contribution >= 4 is 29.3 Å². The summed E-state index contributed by atoms with van der Waals surface area (Å²) in [5.41, 5.74) is -4.47. The smallest absolute Gasteiger partial charge is 0.415 e. The van der Waals surface area contributed by atoms with Crippen molar-refractivity contribution in [1.82, 2.24) is 9.88 Å². The van der Waals surface area contributed by atoms with Gasteiger partial charge in [-0.1, -0.05) is 39.0 Å². The van der Waals surface area contributed by atoms with E-state index in [-0.39, 0.29) is 11.1 Å². The fourth-order valence-corrected chi connectivity index (χ4v) is 4.07. The minimum atomic E-state index is -5.81. The van der Waals surface area contributed by atoms with Crippen LogP contribution in [-0.4, -0.2) is 52.8 Å². The van der Waals surface area contributed by atoms with Gasteiger partial charge in [0.15, 0.2) is 8.32 Å². The maximum Gasteiger partial charge on any atom is 0.534 e. The van der Waals surface area contributed by atoms with Crippen molar-refractivity contribution < 1.29 is 30.2 Å². The number of hydrogen-bond donors (Lipinski definition) is 0. The van der Waals surface area contributed by atoms with E-state index in [2.05, 4.69) is 43.0 Å². The van der Waals surface area contributed by atoms with Gasteiger partial charge in [0.2, 0.25) is 5.88 Å². The van der Waals surface area contributed by atoms with Crippen molar-refractivity contribution in [3.63, 3.8) is 0 Å². The molecule has 1 unspecified atom stereocenters. The molecule has 2 rings (SSSR count). The van der Waals surface area contributed by atoms with Gasteiger partial charge in [0.05, 0.1) is 18.2 Å². The molecule has 0 aliphatic rings. The molecule has 2 aromatic rings. The summed E-state index contributed by atoms with van der Waals surface area (Å²) in [6, 6.07) is 7.70. The topological polar surface area (TPSA) is 68.7 Å². The Hall–Kier alpha value is -1.69. The van der Waals surface area contributed by atoms with E-state index in [1.165, 1.54) is 6.07 Å². The Morgan fingerprint density at radius 2 is 1.71 bits per heavy atom. The summed E-state index contributed by atoms with van der Waals surface area (Å²) in [5, 5.41) is 0.654. The molecule has 0 fully saturated rings. The number of fused-ring (bicyclic) bond motifs is 1. The number of nitrogens with zero attached hydrogens (tertiary/aromatic N) is 2. The van der Waals surface area contributed by atoms with Crippen molar-refractivity contribution in [3.05, 3.63) is 35.9 Å². The van der Waals surface area contributed by atoms with Crippen LogP contribution in [0.4, 0.5) is 13.2 Å². The molecular formula is C20H29F3N2O4SSi. The summed E-state index contributed by atoms with van der Waals surface area (Å²) in [4.78, 5) is 6.03. The number of halogens is 3. The normalized spacial score (nSPS) is 14.8. The fraction of sp³-hybridized carbons (Fsp3) is 0.550. The molecule has 0 saturated heterocycles. The summed E-state index contributed by atoms with van der Waals surface area (Å²) in [6.07, 6.45) is 0. The summed E-state index contributed by atoms with van der Waals surface area (Å²) < 4.78 is 71.4. The Kier molecular flexibility index (Phi) is 7.16. The average Bonchev–Trinajstić information content (AvgIpc) is 2.59. The highest BCUT2D eigenvalue weighted by Crippen LogP contribution is 2.38. The van der Waals surface area contributed by atoms with Crippen LogP contribution in [0.15, 0.2) is 30.3 Å². The lowest BCUT2D eigenvalue weighted by Crippen LogP contribution is -2.43. The summed E-state index contributed by atoms with van der Waals surface area (Å²) in [6.45, 7) is 11.0. The first-order chi connectivity index (χ1) is 14.0. The molecule has 31 heavy (non-hydrogen) atoms. The van der Waals surface area contributed by atoms with Gasteiger partial charge >= 0.3 is 15.6 Å². The van der Waals surface area contributed by atoms with Crippen LogP contribution in [0.5, 0.6) is 5.88 Å². The zero-order valence-electron chi connectivity index (χ0n) is 18.7. The van der Waals surface area contributed by atoms with Gasteiger partial charge in [-0.2, -0.15) is 21.6 Å². The second kappa shape index (κ2) is 8.68. The Morgan fingerprint density at radius 1 is 1.10 bits per heavy atom. The largest absolute Gasteiger partial charge is 0.534 e. The molecule has 1 aromatic heterocycles.